The highest BCUT2D eigenvalue weighted by molar-refractivity contribution is 7.82. The lowest BCUT2D eigenvalue weighted by Gasteiger charge is -2.28. The van der Waals surface area contributed by atoms with Crippen molar-refractivity contribution in [1.29, 1.82) is 0 Å². The van der Waals surface area contributed by atoms with Gasteiger partial charge in [-0.1, -0.05) is 48.5 Å². The Hall–Kier alpha value is -2.80. The van der Waals surface area contributed by atoms with Crippen LogP contribution in [0.15, 0.2) is 54.6 Å². The zero-order chi connectivity index (χ0) is 21.0. The molecular weight excluding hydrogens is 388 g/mol. The summed E-state index contributed by atoms with van der Waals surface area (Å²) in [6.07, 6.45) is 1.36. The summed E-state index contributed by atoms with van der Waals surface area (Å²) in [6.45, 7) is 1.26. The summed E-state index contributed by atoms with van der Waals surface area (Å²) in [5, 5.41) is 12.1. The molecule has 1 heterocycles. The van der Waals surface area contributed by atoms with Gasteiger partial charge in [0, 0.05) is 5.69 Å². The fourth-order valence-corrected chi connectivity index (χ4v) is 3.78. The van der Waals surface area contributed by atoms with Gasteiger partial charge in [0.1, 0.15) is 12.6 Å². The molecule has 0 radical (unpaired) electrons. The predicted molar refractivity (Wildman–Crippen MR) is 114 cm³/mol. The fraction of sp³-hybridized carbons (Fsp3) is 0.318. The molecule has 0 bridgehead atoms. The number of aryl methyl sites for hydroxylation is 1. The van der Waals surface area contributed by atoms with Crippen LogP contribution in [-0.4, -0.2) is 40.2 Å². The second-order valence-electron chi connectivity index (χ2n) is 7.45. The van der Waals surface area contributed by atoms with Crippen LogP contribution in [-0.2, 0) is 27.2 Å². The summed E-state index contributed by atoms with van der Waals surface area (Å²) in [4.78, 5) is 38.6. The van der Waals surface area contributed by atoms with Gasteiger partial charge in [-0.2, -0.15) is 12.6 Å². The van der Waals surface area contributed by atoms with E-state index in [1.54, 1.807) is 19.1 Å². The van der Waals surface area contributed by atoms with Crippen LogP contribution in [0.1, 0.15) is 24.5 Å². The molecule has 0 aliphatic carbocycles. The molecule has 2 aromatic carbocycles. The number of carbonyl (C=O) groups excluding carboxylic acids is 2. The third-order valence-electron chi connectivity index (χ3n) is 5.03. The molecule has 0 saturated carbocycles. The Morgan fingerprint density at radius 2 is 1.83 bits per heavy atom. The molecular formula is C22H24N2O4S. The minimum Gasteiger partial charge on any atom is -0.480 e. The number of carboxylic acid groups (broad SMARTS) is 1. The number of carbonyl (C=O) groups is 3. The second-order valence-corrected chi connectivity index (χ2v) is 8.43. The SMILES string of the molecule is C[C@](S)(Cc1ccccc1)C(=O)N[C@H]1CCc2ccccc2N(CC(=O)O)C1=O. The Morgan fingerprint density at radius 1 is 1.17 bits per heavy atom. The van der Waals surface area contributed by atoms with Gasteiger partial charge in [-0.05, 0) is 43.4 Å². The summed E-state index contributed by atoms with van der Waals surface area (Å²) in [7, 11) is 0. The number of anilines is 1. The van der Waals surface area contributed by atoms with Crippen molar-refractivity contribution in [2.24, 2.45) is 0 Å². The van der Waals surface area contributed by atoms with Crippen LogP contribution in [0.3, 0.4) is 0 Å². The maximum atomic E-state index is 13.1. The first-order chi connectivity index (χ1) is 13.8. The van der Waals surface area contributed by atoms with Gasteiger partial charge < -0.3 is 10.4 Å². The van der Waals surface area contributed by atoms with E-state index in [4.69, 9.17) is 0 Å². The van der Waals surface area contributed by atoms with Crippen LogP contribution in [0.2, 0.25) is 0 Å². The highest BCUT2D eigenvalue weighted by Gasteiger charge is 2.36. The van der Waals surface area contributed by atoms with E-state index in [1.807, 2.05) is 42.5 Å². The first-order valence-electron chi connectivity index (χ1n) is 9.46. The Bertz CT molecular complexity index is 914. The third-order valence-corrected chi connectivity index (χ3v) is 5.39. The van der Waals surface area contributed by atoms with Crippen molar-refractivity contribution in [1.82, 2.24) is 5.32 Å². The lowest BCUT2D eigenvalue weighted by Crippen LogP contribution is -2.53. The van der Waals surface area contributed by atoms with Crippen molar-refractivity contribution >= 4 is 36.1 Å². The average Bonchev–Trinajstić information content (AvgIpc) is 2.80. The van der Waals surface area contributed by atoms with E-state index in [-0.39, 0.29) is 5.91 Å². The average molecular weight is 413 g/mol. The number of benzene rings is 2. The van der Waals surface area contributed by atoms with E-state index in [1.165, 1.54) is 4.90 Å². The van der Waals surface area contributed by atoms with E-state index in [2.05, 4.69) is 17.9 Å². The van der Waals surface area contributed by atoms with Crippen LogP contribution in [0, 0.1) is 0 Å². The molecule has 0 fully saturated rings. The van der Waals surface area contributed by atoms with Crippen molar-refractivity contribution in [2.45, 2.75) is 37.0 Å². The quantitative estimate of drug-likeness (QED) is 0.636. The molecule has 1 aliphatic rings. The molecule has 152 valence electrons. The second kappa shape index (κ2) is 8.69. The van der Waals surface area contributed by atoms with Gasteiger partial charge in [0.2, 0.25) is 11.8 Å². The first kappa shape index (κ1) is 20.9. The highest BCUT2D eigenvalue weighted by Crippen LogP contribution is 2.28. The molecule has 6 nitrogen and oxygen atoms in total. The molecule has 29 heavy (non-hydrogen) atoms. The monoisotopic (exact) mass is 412 g/mol. The van der Waals surface area contributed by atoms with Crippen molar-refractivity contribution in [3.63, 3.8) is 0 Å². The summed E-state index contributed by atoms with van der Waals surface area (Å²) >= 11 is 4.55. The summed E-state index contributed by atoms with van der Waals surface area (Å²) in [5.41, 5.74) is 2.43. The van der Waals surface area contributed by atoms with Crippen molar-refractivity contribution < 1.29 is 19.5 Å². The van der Waals surface area contributed by atoms with E-state index in [0.29, 0.717) is 24.9 Å². The highest BCUT2D eigenvalue weighted by atomic mass is 32.1. The molecule has 3 rings (SSSR count). The van der Waals surface area contributed by atoms with E-state index < -0.39 is 29.2 Å². The number of hydrogen-bond acceptors (Lipinski definition) is 4. The summed E-state index contributed by atoms with van der Waals surface area (Å²) in [5.74, 6) is -1.89. The predicted octanol–water partition coefficient (Wildman–Crippen LogP) is 2.47. The zero-order valence-corrected chi connectivity index (χ0v) is 17.1. The number of hydrogen-bond donors (Lipinski definition) is 3. The molecule has 2 atom stereocenters. The number of fused-ring (bicyclic) bond motifs is 1. The minimum atomic E-state index is -1.11. The molecule has 2 amide bonds. The van der Waals surface area contributed by atoms with Gasteiger partial charge in [-0.15, -0.1) is 0 Å². The maximum absolute atomic E-state index is 13.1. The third kappa shape index (κ3) is 4.98. The number of aliphatic carboxylic acids is 1. The molecule has 0 unspecified atom stereocenters. The molecule has 1 aliphatic heterocycles. The van der Waals surface area contributed by atoms with Gasteiger partial charge in [0.05, 0.1) is 4.75 Å². The standard InChI is InChI=1S/C22H24N2O4S/c1-22(29,13-15-7-3-2-4-8-15)21(28)23-17-12-11-16-9-5-6-10-18(16)24(20(17)27)14-19(25)26/h2-10,17,29H,11-14H2,1H3,(H,23,28)(H,25,26)/t17-,22-/m0/s1. The Labute approximate surface area is 175 Å². The Balaban J connectivity index is 1.79. The lowest BCUT2D eigenvalue weighted by atomic mass is 9.98. The fourth-order valence-electron chi connectivity index (χ4n) is 3.54. The number of thiol groups is 1. The number of carboxylic acids is 1. The Morgan fingerprint density at radius 3 is 2.52 bits per heavy atom. The topological polar surface area (TPSA) is 86.7 Å². The van der Waals surface area contributed by atoms with E-state index in [0.717, 1.165) is 11.1 Å². The maximum Gasteiger partial charge on any atom is 0.323 e. The summed E-state index contributed by atoms with van der Waals surface area (Å²) < 4.78 is -1.02. The normalized spacial score (nSPS) is 18.3. The molecule has 0 saturated heterocycles. The largest absolute Gasteiger partial charge is 0.480 e. The van der Waals surface area contributed by atoms with Crippen LogP contribution in [0.4, 0.5) is 5.69 Å². The smallest absolute Gasteiger partial charge is 0.323 e. The van der Waals surface area contributed by atoms with Gasteiger partial charge in [-0.25, -0.2) is 0 Å². The Kier molecular flexibility index (Phi) is 6.27. The first-order valence-corrected chi connectivity index (χ1v) is 9.91. The van der Waals surface area contributed by atoms with E-state index in [9.17, 15) is 19.5 Å². The number of nitrogens with zero attached hydrogens (tertiary/aromatic N) is 1. The van der Waals surface area contributed by atoms with Gasteiger partial charge >= 0.3 is 5.97 Å². The van der Waals surface area contributed by atoms with Gasteiger partial charge in [0.25, 0.3) is 0 Å². The number of rotatable bonds is 6. The number of nitrogens with one attached hydrogen (secondary N) is 1. The van der Waals surface area contributed by atoms with Crippen LogP contribution >= 0.6 is 12.6 Å². The number of amides is 2. The van der Waals surface area contributed by atoms with E-state index >= 15 is 0 Å². The molecule has 2 N–H and O–H groups in total. The zero-order valence-electron chi connectivity index (χ0n) is 16.2. The molecule has 0 aromatic heterocycles. The lowest BCUT2D eigenvalue weighted by molar-refractivity contribution is -0.137. The van der Waals surface area contributed by atoms with Crippen molar-refractivity contribution in [2.75, 3.05) is 11.4 Å². The van der Waals surface area contributed by atoms with Crippen LogP contribution < -0.4 is 10.2 Å². The molecule has 7 heteroatoms. The van der Waals surface area contributed by atoms with Crippen molar-refractivity contribution in [3.8, 4) is 0 Å². The van der Waals surface area contributed by atoms with Crippen LogP contribution in [0.5, 0.6) is 0 Å². The van der Waals surface area contributed by atoms with Crippen LogP contribution in [0.25, 0.3) is 0 Å². The van der Waals surface area contributed by atoms with Gasteiger partial charge in [0.15, 0.2) is 0 Å². The molecule has 0 spiro atoms. The van der Waals surface area contributed by atoms with Crippen molar-refractivity contribution in [3.05, 3.63) is 65.7 Å². The summed E-state index contributed by atoms with van der Waals surface area (Å²) in [6, 6.07) is 16.0. The minimum absolute atomic E-state index is 0.357. The van der Waals surface area contributed by atoms with Gasteiger partial charge in [-0.3, -0.25) is 19.3 Å². The number of para-hydroxylation sites is 1. The molecule has 2 aromatic rings.